The summed E-state index contributed by atoms with van der Waals surface area (Å²) in [6.45, 7) is 0. The van der Waals surface area contributed by atoms with E-state index in [1.807, 2.05) is 48.5 Å². The van der Waals surface area contributed by atoms with Crippen molar-refractivity contribution in [2.75, 3.05) is 5.88 Å². The lowest BCUT2D eigenvalue weighted by Crippen LogP contribution is -1.82. The fraction of sp³-hybridized carbons (Fsp3) is 0.111. The summed E-state index contributed by atoms with van der Waals surface area (Å²) in [4.78, 5) is 0. The van der Waals surface area contributed by atoms with Gasteiger partial charge in [0.15, 0.2) is 0 Å². The number of halogens is 1. The van der Waals surface area contributed by atoms with Gasteiger partial charge in [0.1, 0.15) is 0 Å². The van der Waals surface area contributed by atoms with Crippen molar-refractivity contribution in [2.45, 2.75) is 6.42 Å². The minimum absolute atomic E-state index is 0.614. The quantitative estimate of drug-likeness (QED) is 0.555. The highest BCUT2D eigenvalue weighted by atomic mass is 35.5. The van der Waals surface area contributed by atoms with E-state index < -0.39 is 0 Å². The van der Waals surface area contributed by atoms with Crippen LogP contribution in [0.15, 0.2) is 66.7 Å². The van der Waals surface area contributed by atoms with Gasteiger partial charge in [-0.05, 0) is 24.1 Å². The molecule has 2 rings (SSSR count). The van der Waals surface area contributed by atoms with E-state index in [1.165, 1.54) is 0 Å². The lowest BCUT2D eigenvalue weighted by atomic mass is 10.0. The summed E-state index contributed by atoms with van der Waals surface area (Å²) in [6, 6.07) is 20.2. The zero-order valence-corrected chi connectivity index (χ0v) is 11.4. The zero-order chi connectivity index (χ0) is 13.3. The molecule has 0 heterocycles. The second-order valence-electron chi connectivity index (χ2n) is 4.08. The maximum atomic E-state index is 5.76. The van der Waals surface area contributed by atoms with Crippen LogP contribution in [0.5, 0.6) is 0 Å². The number of rotatable bonds is 3. The molecule has 0 atom stereocenters. The Morgan fingerprint density at radius 2 is 1.58 bits per heavy atom. The van der Waals surface area contributed by atoms with Crippen molar-refractivity contribution in [3.63, 3.8) is 0 Å². The molecule has 1 heteroatoms. The Hall–Kier alpha value is -1.97. The maximum Gasteiger partial charge on any atom is 0.0282 e. The first-order valence-corrected chi connectivity index (χ1v) is 6.82. The molecule has 94 valence electrons. The van der Waals surface area contributed by atoms with Crippen LogP contribution in [0.1, 0.15) is 17.5 Å². The molecular weight excluding hydrogens is 252 g/mol. The van der Waals surface area contributed by atoms with Crippen LogP contribution in [0.2, 0.25) is 0 Å². The molecule has 0 aliphatic rings. The lowest BCUT2D eigenvalue weighted by molar-refractivity contribution is 1.24. The standard InChI is InChI=1S/C18H15Cl/c19-15-7-12-18(17-10-5-2-6-11-17)14-13-16-8-3-1-4-9-16/h1-6,8-12H,7,15H2/b18-12+. The first-order valence-electron chi connectivity index (χ1n) is 6.29. The van der Waals surface area contributed by atoms with Crippen LogP contribution in [-0.4, -0.2) is 5.88 Å². The van der Waals surface area contributed by atoms with E-state index >= 15 is 0 Å². The molecule has 0 amide bonds. The Kier molecular flexibility index (Phi) is 5.29. The fourth-order valence-electron chi connectivity index (χ4n) is 1.72. The van der Waals surface area contributed by atoms with Crippen LogP contribution in [0.4, 0.5) is 0 Å². The van der Waals surface area contributed by atoms with E-state index in [0.717, 1.165) is 23.1 Å². The second-order valence-corrected chi connectivity index (χ2v) is 4.46. The zero-order valence-electron chi connectivity index (χ0n) is 10.6. The summed E-state index contributed by atoms with van der Waals surface area (Å²) in [6.07, 6.45) is 2.92. The van der Waals surface area contributed by atoms with Crippen molar-refractivity contribution in [2.24, 2.45) is 0 Å². The maximum absolute atomic E-state index is 5.76. The van der Waals surface area contributed by atoms with Crippen LogP contribution < -0.4 is 0 Å². The second kappa shape index (κ2) is 7.46. The molecule has 0 saturated carbocycles. The van der Waals surface area contributed by atoms with E-state index in [9.17, 15) is 0 Å². The Morgan fingerprint density at radius 3 is 2.21 bits per heavy atom. The molecule has 0 aliphatic carbocycles. The van der Waals surface area contributed by atoms with Crippen LogP contribution in [0.3, 0.4) is 0 Å². The van der Waals surface area contributed by atoms with Crippen LogP contribution in [-0.2, 0) is 0 Å². The van der Waals surface area contributed by atoms with Crippen molar-refractivity contribution < 1.29 is 0 Å². The van der Waals surface area contributed by atoms with Crippen LogP contribution >= 0.6 is 11.6 Å². The molecule has 19 heavy (non-hydrogen) atoms. The third-order valence-corrected chi connectivity index (χ3v) is 2.88. The van der Waals surface area contributed by atoms with Crippen LogP contribution in [0.25, 0.3) is 5.57 Å². The Morgan fingerprint density at radius 1 is 0.947 bits per heavy atom. The van der Waals surface area contributed by atoms with Crippen molar-refractivity contribution in [1.29, 1.82) is 0 Å². The van der Waals surface area contributed by atoms with Crippen molar-refractivity contribution in [3.05, 3.63) is 77.9 Å². The summed E-state index contributed by atoms with van der Waals surface area (Å²) < 4.78 is 0. The highest BCUT2D eigenvalue weighted by molar-refractivity contribution is 6.18. The smallest absolute Gasteiger partial charge is 0.0282 e. The first-order chi connectivity index (χ1) is 9.40. The average Bonchev–Trinajstić information content (AvgIpc) is 2.49. The van der Waals surface area contributed by atoms with E-state index in [1.54, 1.807) is 0 Å². The molecule has 0 fully saturated rings. The lowest BCUT2D eigenvalue weighted by Gasteiger charge is -1.99. The molecule has 0 aromatic heterocycles. The SMILES string of the molecule is ClCC/C=C(\C#Cc1ccccc1)c1ccccc1. The summed E-state index contributed by atoms with van der Waals surface area (Å²) in [7, 11) is 0. The molecule has 2 aromatic rings. The van der Waals surface area contributed by atoms with Gasteiger partial charge in [-0.1, -0.05) is 66.4 Å². The fourth-order valence-corrected chi connectivity index (χ4v) is 1.83. The van der Waals surface area contributed by atoms with Gasteiger partial charge in [-0.15, -0.1) is 11.6 Å². The van der Waals surface area contributed by atoms with Gasteiger partial charge in [0, 0.05) is 17.0 Å². The number of allylic oxidation sites excluding steroid dienone is 2. The topological polar surface area (TPSA) is 0 Å². The summed E-state index contributed by atoms with van der Waals surface area (Å²) >= 11 is 5.76. The van der Waals surface area contributed by atoms with Gasteiger partial charge in [-0.25, -0.2) is 0 Å². The van der Waals surface area contributed by atoms with E-state index in [2.05, 4.69) is 30.0 Å². The Bertz CT molecular complexity index is 586. The molecule has 0 bridgehead atoms. The number of hydrogen-bond acceptors (Lipinski definition) is 0. The predicted octanol–water partition coefficient (Wildman–Crippen LogP) is 4.75. The largest absolute Gasteiger partial charge is 0.126 e. The first kappa shape index (κ1) is 13.5. The Balaban J connectivity index is 2.28. The summed E-state index contributed by atoms with van der Waals surface area (Å²) in [5.74, 6) is 7.04. The monoisotopic (exact) mass is 266 g/mol. The summed E-state index contributed by atoms with van der Waals surface area (Å²) in [5.41, 5.74) is 3.19. The van der Waals surface area contributed by atoms with Gasteiger partial charge < -0.3 is 0 Å². The van der Waals surface area contributed by atoms with E-state index in [4.69, 9.17) is 11.6 Å². The van der Waals surface area contributed by atoms with Crippen molar-refractivity contribution >= 4 is 17.2 Å². The minimum atomic E-state index is 0.614. The van der Waals surface area contributed by atoms with Gasteiger partial charge in [-0.3, -0.25) is 0 Å². The third kappa shape index (κ3) is 4.32. The molecule has 0 aliphatic heterocycles. The molecule has 0 radical (unpaired) electrons. The van der Waals surface area contributed by atoms with E-state index in [0.29, 0.717) is 5.88 Å². The normalized spacial score (nSPS) is 10.7. The molecule has 2 aromatic carbocycles. The highest BCUT2D eigenvalue weighted by Crippen LogP contribution is 2.14. The van der Waals surface area contributed by atoms with Gasteiger partial charge in [-0.2, -0.15) is 0 Å². The van der Waals surface area contributed by atoms with Crippen molar-refractivity contribution in [3.8, 4) is 11.8 Å². The van der Waals surface area contributed by atoms with Gasteiger partial charge in [0.05, 0.1) is 0 Å². The molecule has 0 nitrogen and oxygen atoms in total. The Labute approximate surface area is 119 Å². The van der Waals surface area contributed by atoms with E-state index in [-0.39, 0.29) is 0 Å². The average molecular weight is 267 g/mol. The van der Waals surface area contributed by atoms with Crippen LogP contribution in [0, 0.1) is 11.8 Å². The molecule has 0 unspecified atom stereocenters. The minimum Gasteiger partial charge on any atom is -0.126 e. The molecule has 0 spiro atoms. The highest BCUT2D eigenvalue weighted by Gasteiger charge is 1.96. The number of hydrogen-bond donors (Lipinski definition) is 0. The predicted molar refractivity (Wildman–Crippen MR) is 83.1 cm³/mol. The molecule has 0 N–H and O–H groups in total. The van der Waals surface area contributed by atoms with Gasteiger partial charge in [0.2, 0.25) is 0 Å². The van der Waals surface area contributed by atoms with Gasteiger partial charge in [0.25, 0.3) is 0 Å². The van der Waals surface area contributed by atoms with Crippen molar-refractivity contribution in [1.82, 2.24) is 0 Å². The number of alkyl halides is 1. The summed E-state index contributed by atoms with van der Waals surface area (Å²) in [5, 5.41) is 0. The molecule has 0 saturated heterocycles. The van der Waals surface area contributed by atoms with Gasteiger partial charge >= 0.3 is 0 Å². The number of benzene rings is 2. The third-order valence-electron chi connectivity index (χ3n) is 2.66. The molecular formula is C18H15Cl.